The van der Waals surface area contributed by atoms with Crippen LogP contribution in [0.3, 0.4) is 0 Å². The summed E-state index contributed by atoms with van der Waals surface area (Å²) in [4.78, 5) is 19.0. The summed E-state index contributed by atoms with van der Waals surface area (Å²) in [6.45, 7) is 0. The second-order valence-corrected chi connectivity index (χ2v) is 5.79. The molecule has 2 aromatic carbocycles. The SMILES string of the molecule is O=c1[nH]c(-c2ccc(OC(F)(F)F)c(I)c2)nc2ccccc12. The van der Waals surface area contributed by atoms with Crippen LogP contribution in [0, 0.1) is 3.57 Å². The van der Waals surface area contributed by atoms with Crippen LogP contribution in [0.1, 0.15) is 0 Å². The monoisotopic (exact) mass is 432 g/mol. The Hall–Kier alpha value is -2.10. The van der Waals surface area contributed by atoms with E-state index in [0.717, 1.165) is 0 Å². The number of para-hydroxylation sites is 1. The highest BCUT2D eigenvalue weighted by Gasteiger charge is 2.32. The van der Waals surface area contributed by atoms with E-state index in [1.807, 2.05) is 0 Å². The molecule has 23 heavy (non-hydrogen) atoms. The maximum absolute atomic E-state index is 12.3. The van der Waals surface area contributed by atoms with Crippen molar-refractivity contribution >= 4 is 33.5 Å². The van der Waals surface area contributed by atoms with Crippen molar-refractivity contribution in [1.82, 2.24) is 9.97 Å². The summed E-state index contributed by atoms with van der Waals surface area (Å²) in [6.07, 6.45) is -4.75. The lowest BCUT2D eigenvalue weighted by molar-refractivity contribution is -0.274. The van der Waals surface area contributed by atoms with Gasteiger partial charge in [-0.25, -0.2) is 4.98 Å². The Morgan fingerprint density at radius 3 is 2.57 bits per heavy atom. The molecule has 118 valence electrons. The molecule has 3 aromatic rings. The van der Waals surface area contributed by atoms with E-state index in [0.29, 0.717) is 16.5 Å². The Morgan fingerprint density at radius 2 is 1.87 bits per heavy atom. The number of hydrogen-bond acceptors (Lipinski definition) is 3. The van der Waals surface area contributed by atoms with Crippen LogP contribution < -0.4 is 10.3 Å². The van der Waals surface area contributed by atoms with Gasteiger partial charge in [-0.3, -0.25) is 4.79 Å². The molecule has 0 saturated carbocycles. The Labute approximate surface area is 141 Å². The van der Waals surface area contributed by atoms with Crippen molar-refractivity contribution in [2.24, 2.45) is 0 Å². The van der Waals surface area contributed by atoms with E-state index in [-0.39, 0.29) is 20.7 Å². The van der Waals surface area contributed by atoms with Crippen molar-refractivity contribution < 1.29 is 17.9 Å². The van der Waals surface area contributed by atoms with Crippen molar-refractivity contribution in [2.75, 3.05) is 0 Å². The van der Waals surface area contributed by atoms with Crippen LogP contribution in [-0.4, -0.2) is 16.3 Å². The molecule has 0 fully saturated rings. The maximum atomic E-state index is 12.3. The van der Waals surface area contributed by atoms with E-state index >= 15 is 0 Å². The predicted octanol–water partition coefficient (Wildman–Crippen LogP) is 4.09. The smallest absolute Gasteiger partial charge is 0.405 e. The summed E-state index contributed by atoms with van der Waals surface area (Å²) in [7, 11) is 0. The molecule has 0 amide bonds. The zero-order valence-electron chi connectivity index (χ0n) is 11.3. The van der Waals surface area contributed by atoms with E-state index in [1.165, 1.54) is 18.2 Å². The number of benzene rings is 2. The van der Waals surface area contributed by atoms with Gasteiger partial charge in [-0.15, -0.1) is 13.2 Å². The molecule has 1 aromatic heterocycles. The molecule has 1 heterocycles. The molecule has 0 saturated heterocycles. The van der Waals surface area contributed by atoms with Crippen LogP contribution in [0.2, 0.25) is 0 Å². The molecule has 0 aliphatic rings. The molecule has 0 unspecified atom stereocenters. The first-order valence-corrected chi connectivity index (χ1v) is 7.46. The van der Waals surface area contributed by atoms with E-state index in [4.69, 9.17) is 0 Å². The van der Waals surface area contributed by atoms with Crippen molar-refractivity contribution in [3.05, 3.63) is 56.4 Å². The zero-order valence-corrected chi connectivity index (χ0v) is 13.5. The largest absolute Gasteiger partial charge is 0.573 e. The number of aromatic amines is 1. The van der Waals surface area contributed by atoms with Gasteiger partial charge in [0.2, 0.25) is 0 Å². The third-order valence-corrected chi connectivity index (χ3v) is 3.89. The van der Waals surface area contributed by atoms with Gasteiger partial charge >= 0.3 is 6.36 Å². The van der Waals surface area contributed by atoms with Crippen molar-refractivity contribution in [3.8, 4) is 17.1 Å². The summed E-state index contributed by atoms with van der Waals surface area (Å²) in [5, 5.41) is 0.447. The Bertz CT molecular complexity index is 938. The number of H-pyrrole nitrogens is 1. The van der Waals surface area contributed by atoms with Gasteiger partial charge in [-0.2, -0.15) is 0 Å². The average molecular weight is 432 g/mol. The number of hydrogen-bond donors (Lipinski definition) is 1. The van der Waals surface area contributed by atoms with Gasteiger partial charge < -0.3 is 9.72 Å². The fourth-order valence-corrected chi connectivity index (χ4v) is 2.70. The molecule has 8 heteroatoms. The summed E-state index contributed by atoms with van der Waals surface area (Å²) in [5.41, 5.74) is 0.694. The second kappa shape index (κ2) is 5.84. The summed E-state index contributed by atoms with van der Waals surface area (Å²) in [6, 6.07) is 10.9. The molecule has 0 bridgehead atoms. The fraction of sp³-hybridized carbons (Fsp3) is 0.0667. The number of rotatable bonds is 2. The fourth-order valence-electron chi connectivity index (χ4n) is 2.08. The number of alkyl halides is 3. The minimum absolute atomic E-state index is 0.258. The lowest BCUT2D eigenvalue weighted by Crippen LogP contribution is -2.17. The lowest BCUT2D eigenvalue weighted by atomic mass is 10.2. The number of nitrogens with zero attached hydrogens (tertiary/aromatic N) is 1. The highest BCUT2D eigenvalue weighted by molar-refractivity contribution is 14.1. The van der Waals surface area contributed by atoms with Crippen LogP contribution in [-0.2, 0) is 0 Å². The molecule has 4 nitrogen and oxygen atoms in total. The standard InChI is InChI=1S/C15H8F3IN2O2/c16-15(17,18)23-12-6-5-8(7-10(12)19)13-20-11-4-2-1-3-9(11)14(22)21-13/h1-7H,(H,20,21,22). The highest BCUT2D eigenvalue weighted by atomic mass is 127. The van der Waals surface area contributed by atoms with Gasteiger partial charge in [0.15, 0.2) is 0 Å². The minimum atomic E-state index is -4.75. The Balaban J connectivity index is 2.06. The predicted molar refractivity (Wildman–Crippen MR) is 87.2 cm³/mol. The Morgan fingerprint density at radius 1 is 1.13 bits per heavy atom. The molecule has 0 spiro atoms. The third-order valence-electron chi connectivity index (χ3n) is 3.04. The van der Waals surface area contributed by atoms with Gasteiger partial charge in [-0.1, -0.05) is 12.1 Å². The van der Waals surface area contributed by atoms with Crippen molar-refractivity contribution in [2.45, 2.75) is 6.36 Å². The summed E-state index contributed by atoms with van der Waals surface area (Å²) >= 11 is 1.73. The number of halogens is 4. The maximum Gasteiger partial charge on any atom is 0.573 e. The number of aromatic nitrogens is 2. The minimum Gasteiger partial charge on any atom is -0.405 e. The van der Waals surface area contributed by atoms with Gasteiger partial charge in [0.05, 0.1) is 14.5 Å². The van der Waals surface area contributed by atoms with Crippen LogP contribution in [0.15, 0.2) is 47.3 Å². The topological polar surface area (TPSA) is 55.0 Å². The Kier molecular flexibility index (Phi) is 4.00. The molecule has 3 rings (SSSR count). The quantitative estimate of drug-likeness (QED) is 0.621. The van der Waals surface area contributed by atoms with E-state index in [9.17, 15) is 18.0 Å². The van der Waals surface area contributed by atoms with Crippen LogP contribution in [0.5, 0.6) is 5.75 Å². The van der Waals surface area contributed by atoms with Gasteiger partial charge in [0, 0.05) is 5.56 Å². The molecule has 0 radical (unpaired) electrons. The van der Waals surface area contributed by atoms with E-state index in [2.05, 4.69) is 14.7 Å². The highest BCUT2D eigenvalue weighted by Crippen LogP contribution is 2.30. The van der Waals surface area contributed by atoms with Gasteiger partial charge in [-0.05, 0) is 52.9 Å². The van der Waals surface area contributed by atoms with Crippen LogP contribution in [0.4, 0.5) is 13.2 Å². The van der Waals surface area contributed by atoms with Crippen molar-refractivity contribution in [3.63, 3.8) is 0 Å². The van der Waals surface area contributed by atoms with E-state index < -0.39 is 6.36 Å². The first-order valence-electron chi connectivity index (χ1n) is 6.38. The number of fused-ring (bicyclic) bond motifs is 1. The molecule has 0 aliphatic carbocycles. The third kappa shape index (κ3) is 3.46. The van der Waals surface area contributed by atoms with Gasteiger partial charge in [0.1, 0.15) is 11.6 Å². The van der Waals surface area contributed by atoms with Crippen LogP contribution in [0.25, 0.3) is 22.3 Å². The average Bonchev–Trinajstić information content (AvgIpc) is 2.48. The normalized spacial score (nSPS) is 11.7. The zero-order chi connectivity index (χ0) is 16.6. The van der Waals surface area contributed by atoms with E-state index in [1.54, 1.807) is 46.9 Å². The lowest BCUT2D eigenvalue weighted by Gasteiger charge is -2.11. The summed E-state index contributed by atoms with van der Waals surface area (Å²) < 4.78 is 41.0. The van der Waals surface area contributed by atoms with Crippen molar-refractivity contribution in [1.29, 1.82) is 0 Å². The molecule has 0 aliphatic heterocycles. The molecular formula is C15H8F3IN2O2. The first kappa shape index (κ1) is 15.8. The summed E-state index contributed by atoms with van der Waals surface area (Å²) in [5.74, 6) is -0.0184. The number of nitrogens with one attached hydrogen (secondary N) is 1. The first-order chi connectivity index (χ1) is 10.8. The van der Waals surface area contributed by atoms with Crippen LogP contribution >= 0.6 is 22.6 Å². The molecular weight excluding hydrogens is 424 g/mol. The van der Waals surface area contributed by atoms with Gasteiger partial charge in [0.25, 0.3) is 5.56 Å². The number of ether oxygens (including phenoxy) is 1. The molecule has 0 atom stereocenters. The second-order valence-electron chi connectivity index (χ2n) is 4.62. The molecule has 1 N–H and O–H groups in total.